The molecule has 4 rings (SSSR count). The molecule has 0 unspecified atom stereocenters. The molecule has 1 aliphatic rings. The SMILES string of the molecule is C[C@@H]1C[C@H](NC(=O)O)C[C@H](c2ccncc2NC(=O)c2ccc(F)c(-c3c(F)ccc(C=O)c3F)n2)C1. The van der Waals surface area contributed by atoms with Crippen LogP contribution in [0.25, 0.3) is 11.3 Å². The lowest BCUT2D eigenvalue weighted by molar-refractivity contribution is 0.102. The summed E-state index contributed by atoms with van der Waals surface area (Å²) in [6, 6.07) is 5.14. The normalized spacial score (nSPS) is 19.2. The number of hydrogen-bond acceptors (Lipinski definition) is 5. The number of carboxylic acid groups (broad SMARTS) is 1. The molecule has 1 aliphatic carbocycles. The molecular formula is C26H23F3N4O4. The van der Waals surface area contributed by atoms with Crippen LogP contribution < -0.4 is 10.6 Å². The van der Waals surface area contributed by atoms with Gasteiger partial charge in [0.25, 0.3) is 5.91 Å². The highest BCUT2D eigenvalue weighted by molar-refractivity contribution is 6.03. The Morgan fingerprint density at radius 1 is 1.05 bits per heavy atom. The monoisotopic (exact) mass is 512 g/mol. The van der Waals surface area contributed by atoms with Gasteiger partial charge in [-0.05, 0) is 67.0 Å². The van der Waals surface area contributed by atoms with Crippen molar-refractivity contribution in [3.8, 4) is 11.3 Å². The van der Waals surface area contributed by atoms with Crippen LogP contribution in [0.5, 0.6) is 0 Å². The number of carbonyl (C=O) groups excluding carboxylic acids is 2. The molecule has 11 heteroatoms. The van der Waals surface area contributed by atoms with E-state index in [0.717, 1.165) is 36.2 Å². The maximum absolute atomic E-state index is 14.7. The number of nitrogens with one attached hydrogen (secondary N) is 2. The van der Waals surface area contributed by atoms with E-state index in [-0.39, 0.29) is 29.9 Å². The maximum Gasteiger partial charge on any atom is 0.404 e. The number of hydrogen-bond donors (Lipinski definition) is 3. The van der Waals surface area contributed by atoms with Crippen molar-refractivity contribution in [2.24, 2.45) is 5.92 Å². The number of aromatic nitrogens is 2. The summed E-state index contributed by atoms with van der Waals surface area (Å²) in [7, 11) is 0. The van der Waals surface area contributed by atoms with Crippen molar-refractivity contribution in [2.75, 3.05) is 5.32 Å². The van der Waals surface area contributed by atoms with E-state index in [1.807, 2.05) is 6.92 Å². The third kappa shape index (κ3) is 5.60. The van der Waals surface area contributed by atoms with Crippen molar-refractivity contribution in [2.45, 2.75) is 38.1 Å². The van der Waals surface area contributed by atoms with Crippen molar-refractivity contribution in [3.63, 3.8) is 0 Å². The summed E-state index contributed by atoms with van der Waals surface area (Å²) in [5.41, 5.74) is -1.30. The quantitative estimate of drug-likeness (QED) is 0.392. The minimum absolute atomic E-state index is 0.0788. The van der Waals surface area contributed by atoms with Crippen LogP contribution in [0.3, 0.4) is 0 Å². The fraction of sp³-hybridized carbons (Fsp3) is 0.269. The lowest BCUT2D eigenvalue weighted by Gasteiger charge is -2.34. The standard InChI is InChI=1S/C26H23F3N4O4/c1-13-8-15(10-16(9-13)31-26(36)37)17-6-7-30-11-21(17)33-25(35)20-5-4-19(28)24(32-20)22-18(27)3-2-14(12-34)23(22)29/h2-7,11-13,15-16,31H,8-10H2,1H3,(H,33,35)(H,36,37)/t13-,15+,16-/m0/s1. The first kappa shape index (κ1) is 25.8. The second-order valence-electron chi connectivity index (χ2n) is 9.04. The van der Waals surface area contributed by atoms with Gasteiger partial charge in [0, 0.05) is 12.2 Å². The molecule has 0 saturated heterocycles. The first-order valence-corrected chi connectivity index (χ1v) is 11.5. The first-order valence-electron chi connectivity index (χ1n) is 11.5. The van der Waals surface area contributed by atoms with Crippen LogP contribution in [0.15, 0.2) is 42.7 Å². The topological polar surface area (TPSA) is 121 Å². The van der Waals surface area contributed by atoms with E-state index in [0.29, 0.717) is 18.5 Å². The van der Waals surface area contributed by atoms with Gasteiger partial charge in [-0.1, -0.05) is 6.92 Å². The van der Waals surface area contributed by atoms with Gasteiger partial charge in [0.15, 0.2) is 6.29 Å². The van der Waals surface area contributed by atoms with E-state index in [1.165, 1.54) is 6.20 Å². The summed E-state index contributed by atoms with van der Waals surface area (Å²) in [4.78, 5) is 43.2. The van der Waals surface area contributed by atoms with Gasteiger partial charge in [0.2, 0.25) is 0 Å². The number of aldehydes is 1. The van der Waals surface area contributed by atoms with Gasteiger partial charge in [0.05, 0.1) is 23.0 Å². The van der Waals surface area contributed by atoms with E-state index in [4.69, 9.17) is 5.11 Å². The van der Waals surface area contributed by atoms with E-state index in [2.05, 4.69) is 20.6 Å². The molecule has 192 valence electrons. The number of carbonyl (C=O) groups is 3. The molecule has 8 nitrogen and oxygen atoms in total. The summed E-state index contributed by atoms with van der Waals surface area (Å²) in [5, 5.41) is 14.3. The highest BCUT2D eigenvalue weighted by Crippen LogP contribution is 2.39. The largest absolute Gasteiger partial charge is 0.465 e. The van der Waals surface area contributed by atoms with Gasteiger partial charge < -0.3 is 15.7 Å². The molecular weight excluding hydrogens is 489 g/mol. The third-order valence-corrected chi connectivity index (χ3v) is 6.38. The average molecular weight is 512 g/mol. The van der Waals surface area contributed by atoms with E-state index in [1.54, 1.807) is 12.3 Å². The van der Waals surface area contributed by atoms with Crippen LogP contribution in [-0.2, 0) is 0 Å². The number of pyridine rings is 2. The van der Waals surface area contributed by atoms with Gasteiger partial charge in [0.1, 0.15) is 28.8 Å². The van der Waals surface area contributed by atoms with Crippen molar-refractivity contribution < 1.29 is 32.7 Å². The summed E-state index contributed by atoms with van der Waals surface area (Å²) < 4.78 is 43.6. The lowest BCUT2D eigenvalue weighted by atomic mass is 9.76. The minimum atomic E-state index is -1.29. The Morgan fingerprint density at radius 2 is 1.81 bits per heavy atom. The van der Waals surface area contributed by atoms with Crippen LogP contribution in [0, 0.1) is 23.4 Å². The molecule has 0 spiro atoms. The Hall–Kier alpha value is -4.28. The van der Waals surface area contributed by atoms with Crippen molar-refractivity contribution in [1.29, 1.82) is 0 Å². The number of amides is 2. The van der Waals surface area contributed by atoms with Crippen LogP contribution in [0.4, 0.5) is 23.7 Å². The smallest absolute Gasteiger partial charge is 0.404 e. The molecule has 1 saturated carbocycles. The Bertz CT molecular complexity index is 1370. The van der Waals surface area contributed by atoms with Crippen molar-refractivity contribution in [3.05, 3.63) is 77.0 Å². The highest BCUT2D eigenvalue weighted by Gasteiger charge is 2.30. The molecule has 3 atom stereocenters. The molecule has 1 fully saturated rings. The van der Waals surface area contributed by atoms with Crippen LogP contribution in [0.1, 0.15) is 58.5 Å². The van der Waals surface area contributed by atoms with Gasteiger partial charge in [-0.3, -0.25) is 14.6 Å². The van der Waals surface area contributed by atoms with Gasteiger partial charge >= 0.3 is 6.09 Å². The Kier molecular flexibility index (Phi) is 7.51. The molecule has 3 aromatic rings. The molecule has 0 radical (unpaired) electrons. The number of anilines is 1. The summed E-state index contributed by atoms with van der Waals surface area (Å²) >= 11 is 0. The molecule has 0 bridgehead atoms. The Labute approximate surface area is 210 Å². The number of benzene rings is 1. The third-order valence-electron chi connectivity index (χ3n) is 6.38. The average Bonchev–Trinajstić information content (AvgIpc) is 2.84. The zero-order valence-electron chi connectivity index (χ0n) is 19.7. The zero-order chi connectivity index (χ0) is 26.7. The van der Waals surface area contributed by atoms with E-state index < -0.39 is 46.3 Å². The van der Waals surface area contributed by atoms with Crippen LogP contribution >= 0.6 is 0 Å². The number of halogens is 3. The molecule has 3 N–H and O–H groups in total. The fourth-order valence-electron chi connectivity index (χ4n) is 4.82. The Balaban J connectivity index is 1.63. The lowest BCUT2D eigenvalue weighted by Crippen LogP contribution is -2.39. The second-order valence-corrected chi connectivity index (χ2v) is 9.04. The molecule has 1 aromatic carbocycles. The van der Waals surface area contributed by atoms with Gasteiger partial charge in [-0.25, -0.2) is 22.9 Å². The summed E-state index contributed by atoms with van der Waals surface area (Å²) in [5.74, 6) is -4.13. The van der Waals surface area contributed by atoms with E-state index >= 15 is 0 Å². The predicted octanol–water partition coefficient (Wildman–Crippen LogP) is 5.17. The van der Waals surface area contributed by atoms with Crippen LogP contribution in [0.2, 0.25) is 0 Å². The zero-order valence-corrected chi connectivity index (χ0v) is 19.7. The van der Waals surface area contributed by atoms with Gasteiger partial charge in [-0.15, -0.1) is 0 Å². The highest BCUT2D eigenvalue weighted by atomic mass is 19.1. The summed E-state index contributed by atoms with van der Waals surface area (Å²) in [6.07, 6.45) is 4.03. The van der Waals surface area contributed by atoms with Gasteiger partial charge in [-0.2, -0.15) is 0 Å². The minimum Gasteiger partial charge on any atom is -0.465 e. The van der Waals surface area contributed by atoms with Crippen LogP contribution in [-0.4, -0.2) is 39.4 Å². The van der Waals surface area contributed by atoms with E-state index in [9.17, 15) is 27.6 Å². The molecule has 2 amide bonds. The van der Waals surface area contributed by atoms with Crippen molar-refractivity contribution >= 4 is 24.0 Å². The molecule has 2 aromatic heterocycles. The predicted molar refractivity (Wildman–Crippen MR) is 128 cm³/mol. The fourth-order valence-corrected chi connectivity index (χ4v) is 4.82. The first-order chi connectivity index (χ1) is 17.7. The second kappa shape index (κ2) is 10.8. The molecule has 2 heterocycles. The Morgan fingerprint density at radius 3 is 2.54 bits per heavy atom. The number of rotatable bonds is 6. The maximum atomic E-state index is 14.7. The number of nitrogens with zero attached hydrogens (tertiary/aromatic N) is 2. The molecule has 37 heavy (non-hydrogen) atoms. The summed E-state index contributed by atoms with van der Waals surface area (Å²) in [6.45, 7) is 2.02. The molecule has 0 aliphatic heterocycles. The van der Waals surface area contributed by atoms with Crippen molar-refractivity contribution in [1.82, 2.24) is 15.3 Å².